The van der Waals surface area contributed by atoms with Gasteiger partial charge in [0.1, 0.15) is 16.9 Å². The number of carbonyl (C=O) groups excluding carboxylic acids is 1. The molecule has 0 saturated carbocycles. The van der Waals surface area contributed by atoms with Crippen LogP contribution in [0.3, 0.4) is 0 Å². The maximum atomic E-state index is 13.5. The van der Waals surface area contributed by atoms with E-state index in [2.05, 4.69) is 5.32 Å². The molecule has 0 atom stereocenters. The standard InChI is InChI=1S/C25H17ClFN3O3S/c1-14-6-9-16(10-7-14)30-24(32)23-22(17-4-2-3-5-20(17)33-23)29-25(30)34-13-21(31)28-15-8-11-19(27)18(26)12-15/h2-12H,13H2,1H3,(H,28,31). The van der Waals surface area contributed by atoms with Crippen molar-refractivity contribution in [3.63, 3.8) is 0 Å². The van der Waals surface area contributed by atoms with Gasteiger partial charge in [-0.15, -0.1) is 0 Å². The van der Waals surface area contributed by atoms with Crippen LogP contribution in [0.4, 0.5) is 10.1 Å². The Bertz CT molecular complexity index is 1610. The zero-order valence-electron chi connectivity index (χ0n) is 17.8. The lowest BCUT2D eigenvalue weighted by Crippen LogP contribution is -2.22. The van der Waals surface area contributed by atoms with Crippen molar-refractivity contribution >= 4 is 57.0 Å². The average Bonchev–Trinajstić information content (AvgIpc) is 3.20. The van der Waals surface area contributed by atoms with E-state index in [1.54, 1.807) is 6.07 Å². The highest BCUT2D eigenvalue weighted by Crippen LogP contribution is 2.29. The van der Waals surface area contributed by atoms with E-state index in [1.807, 2.05) is 49.4 Å². The third-order valence-electron chi connectivity index (χ3n) is 5.19. The second-order valence-electron chi connectivity index (χ2n) is 7.61. The van der Waals surface area contributed by atoms with E-state index in [1.165, 1.54) is 22.8 Å². The molecule has 5 aromatic rings. The Labute approximate surface area is 202 Å². The Morgan fingerprint density at radius 1 is 1.15 bits per heavy atom. The largest absolute Gasteiger partial charge is 0.448 e. The molecule has 1 N–H and O–H groups in total. The number of anilines is 1. The number of furan rings is 1. The molecule has 2 aromatic heterocycles. The molecule has 6 nitrogen and oxygen atoms in total. The third kappa shape index (κ3) is 4.18. The molecule has 170 valence electrons. The van der Waals surface area contributed by atoms with Crippen molar-refractivity contribution < 1.29 is 13.6 Å². The highest BCUT2D eigenvalue weighted by atomic mass is 35.5. The summed E-state index contributed by atoms with van der Waals surface area (Å²) in [4.78, 5) is 30.8. The number of thioether (sulfide) groups is 1. The number of nitrogens with one attached hydrogen (secondary N) is 1. The molecule has 34 heavy (non-hydrogen) atoms. The second kappa shape index (κ2) is 8.96. The van der Waals surface area contributed by atoms with Crippen molar-refractivity contribution in [3.8, 4) is 5.69 Å². The molecular formula is C25H17ClFN3O3S. The van der Waals surface area contributed by atoms with E-state index in [0.717, 1.165) is 22.7 Å². The Balaban J connectivity index is 1.54. The number of aryl methyl sites for hydroxylation is 1. The van der Waals surface area contributed by atoms with E-state index in [4.69, 9.17) is 21.0 Å². The number of rotatable bonds is 5. The number of benzene rings is 3. The van der Waals surface area contributed by atoms with Gasteiger partial charge in [0.05, 0.1) is 16.5 Å². The molecule has 0 aliphatic carbocycles. The summed E-state index contributed by atoms with van der Waals surface area (Å²) in [5.41, 5.74) is 2.81. The molecular weight excluding hydrogens is 477 g/mol. The van der Waals surface area contributed by atoms with Crippen LogP contribution in [0.15, 0.2) is 81.1 Å². The van der Waals surface area contributed by atoms with Crippen molar-refractivity contribution in [1.82, 2.24) is 9.55 Å². The predicted octanol–water partition coefficient (Wildman–Crippen LogP) is 5.96. The number of amides is 1. The van der Waals surface area contributed by atoms with Crippen molar-refractivity contribution in [1.29, 1.82) is 0 Å². The summed E-state index contributed by atoms with van der Waals surface area (Å²) >= 11 is 6.90. The van der Waals surface area contributed by atoms with Gasteiger partial charge in [-0.25, -0.2) is 9.37 Å². The van der Waals surface area contributed by atoms with Crippen LogP contribution in [0.1, 0.15) is 5.56 Å². The van der Waals surface area contributed by atoms with Crippen molar-refractivity contribution in [2.24, 2.45) is 0 Å². The molecule has 0 saturated heterocycles. The van der Waals surface area contributed by atoms with Crippen LogP contribution in [0, 0.1) is 12.7 Å². The highest BCUT2D eigenvalue weighted by molar-refractivity contribution is 7.99. The normalized spacial score (nSPS) is 11.3. The molecule has 2 heterocycles. The van der Waals surface area contributed by atoms with E-state index in [0.29, 0.717) is 27.6 Å². The minimum absolute atomic E-state index is 0.0331. The Kier molecular flexibility index (Phi) is 5.85. The van der Waals surface area contributed by atoms with Gasteiger partial charge in [-0.2, -0.15) is 0 Å². The summed E-state index contributed by atoms with van der Waals surface area (Å²) in [6, 6.07) is 18.6. The maximum absolute atomic E-state index is 13.5. The Morgan fingerprint density at radius 3 is 2.68 bits per heavy atom. The lowest BCUT2D eigenvalue weighted by molar-refractivity contribution is -0.113. The fourth-order valence-electron chi connectivity index (χ4n) is 3.54. The van der Waals surface area contributed by atoms with E-state index in [9.17, 15) is 14.0 Å². The van der Waals surface area contributed by atoms with Crippen molar-refractivity contribution in [2.75, 3.05) is 11.1 Å². The van der Waals surface area contributed by atoms with Gasteiger partial charge in [0.15, 0.2) is 5.16 Å². The Morgan fingerprint density at radius 2 is 1.91 bits per heavy atom. The first-order chi connectivity index (χ1) is 16.4. The van der Waals surface area contributed by atoms with Crippen LogP contribution in [-0.4, -0.2) is 21.2 Å². The molecule has 0 unspecified atom stereocenters. The molecule has 0 fully saturated rings. The van der Waals surface area contributed by atoms with Gasteiger partial charge in [0.25, 0.3) is 0 Å². The van der Waals surface area contributed by atoms with Gasteiger partial charge in [0, 0.05) is 11.1 Å². The number of halogens is 2. The molecule has 5 rings (SSSR count). The summed E-state index contributed by atoms with van der Waals surface area (Å²) in [6.45, 7) is 1.95. The summed E-state index contributed by atoms with van der Waals surface area (Å²) in [5.74, 6) is -0.954. The molecule has 0 bridgehead atoms. The first-order valence-electron chi connectivity index (χ1n) is 10.3. The van der Waals surface area contributed by atoms with Crippen molar-refractivity contribution in [3.05, 3.63) is 93.5 Å². The fraction of sp³-hybridized carbons (Fsp3) is 0.0800. The monoisotopic (exact) mass is 493 g/mol. The first kappa shape index (κ1) is 22.2. The minimum Gasteiger partial charge on any atom is -0.448 e. The lowest BCUT2D eigenvalue weighted by Gasteiger charge is -2.12. The van der Waals surface area contributed by atoms with Gasteiger partial charge < -0.3 is 9.73 Å². The lowest BCUT2D eigenvalue weighted by atomic mass is 10.2. The van der Waals surface area contributed by atoms with Gasteiger partial charge in [-0.05, 0) is 49.4 Å². The number of carbonyl (C=O) groups is 1. The van der Waals surface area contributed by atoms with Gasteiger partial charge in [-0.3, -0.25) is 14.2 Å². The van der Waals surface area contributed by atoms with Crippen LogP contribution in [0.5, 0.6) is 0 Å². The molecule has 0 spiro atoms. The average molecular weight is 494 g/mol. The number of para-hydroxylation sites is 1. The molecule has 0 aliphatic rings. The van der Waals surface area contributed by atoms with Crippen LogP contribution in [-0.2, 0) is 4.79 Å². The first-order valence-corrected chi connectivity index (χ1v) is 11.7. The van der Waals surface area contributed by atoms with Gasteiger partial charge in [0.2, 0.25) is 11.5 Å². The number of hydrogen-bond donors (Lipinski definition) is 1. The molecule has 1 amide bonds. The zero-order valence-corrected chi connectivity index (χ0v) is 19.4. The maximum Gasteiger partial charge on any atom is 0.302 e. The minimum atomic E-state index is -0.569. The summed E-state index contributed by atoms with van der Waals surface area (Å²) in [7, 11) is 0. The quantitative estimate of drug-likeness (QED) is 0.241. The SMILES string of the molecule is Cc1ccc(-n2c(SCC(=O)Nc3ccc(F)c(Cl)c3)nc3c(oc4ccccc43)c2=O)cc1. The number of fused-ring (bicyclic) bond motifs is 3. The van der Waals surface area contributed by atoms with E-state index in [-0.39, 0.29) is 27.8 Å². The number of hydrogen-bond acceptors (Lipinski definition) is 5. The number of aromatic nitrogens is 2. The fourth-order valence-corrected chi connectivity index (χ4v) is 4.53. The topological polar surface area (TPSA) is 77.1 Å². The third-order valence-corrected chi connectivity index (χ3v) is 6.42. The number of nitrogens with zero attached hydrogens (tertiary/aromatic N) is 2. The van der Waals surface area contributed by atoms with Crippen LogP contribution < -0.4 is 10.9 Å². The predicted molar refractivity (Wildman–Crippen MR) is 133 cm³/mol. The summed E-state index contributed by atoms with van der Waals surface area (Å²) in [6.07, 6.45) is 0. The molecule has 0 aliphatic heterocycles. The van der Waals surface area contributed by atoms with E-state index >= 15 is 0 Å². The second-order valence-corrected chi connectivity index (χ2v) is 8.96. The van der Waals surface area contributed by atoms with Crippen LogP contribution in [0.25, 0.3) is 27.8 Å². The molecule has 3 aromatic carbocycles. The van der Waals surface area contributed by atoms with Crippen molar-refractivity contribution in [2.45, 2.75) is 12.1 Å². The van der Waals surface area contributed by atoms with E-state index < -0.39 is 5.82 Å². The van der Waals surface area contributed by atoms with Gasteiger partial charge in [-0.1, -0.05) is 53.2 Å². The summed E-state index contributed by atoms with van der Waals surface area (Å²) in [5, 5.41) is 3.66. The van der Waals surface area contributed by atoms with Crippen LogP contribution >= 0.6 is 23.4 Å². The van der Waals surface area contributed by atoms with Gasteiger partial charge >= 0.3 is 5.56 Å². The van der Waals surface area contributed by atoms with Crippen LogP contribution in [0.2, 0.25) is 5.02 Å². The molecule has 9 heteroatoms. The Hall–Kier alpha value is -3.62. The zero-order chi connectivity index (χ0) is 23.8. The molecule has 0 radical (unpaired) electrons. The summed E-state index contributed by atoms with van der Waals surface area (Å²) < 4.78 is 20.7. The smallest absolute Gasteiger partial charge is 0.302 e. The highest BCUT2D eigenvalue weighted by Gasteiger charge is 2.19.